The van der Waals surface area contributed by atoms with Crippen molar-refractivity contribution < 1.29 is 4.79 Å². The van der Waals surface area contributed by atoms with Crippen molar-refractivity contribution in [3.8, 4) is 0 Å². The molecule has 0 aliphatic carbocycles. The van der Waals surface area contributed by atoms with Gasteiger partial charge in [0.1, 0.15) is 0 Å². The molecule has 0 aromatic rings. The summed E-state index contributed by atoms with van der Waals surface area (Å²) in [4.78, 5) is 18.0. The second kappa shape index (κ2) is 9.18. The van der Waals surface area contributed by atoms with Crippen LogP contribution >= 0.6 is 0 Å². The second-order valence-electron chi connectivity index (χ2n) is 6.05. The van der Waals surface area contributed by atoms with E-state index in [1.54, 1.807) is 0 Å². The average molecular weight is 345 g/mol. The Morgan fingerprint density at radius 1 is 1.12 bits per heavy atom. The molecular weight excluding hydrogens is 315 g/mol. The normalized spacial score (nSPS) is 14.5. The van der Waals surface area contributed by atoms with E-state index in [1.165, 1.54) is 19.3 Å². The fourth-order valence-electron chi connectivity index (χ4n) is 2.17. The molecular formula is C15H30OSn. The number of carbonyl (C=O) groups is 1. The van der Waals surface area contributed by atoms with E-state index in [4.69, 9.17) is 0 Å². The Labute approximate surface area is 112 Å². The van der Waals surface area contributed by atoms with E-state index in [0.29, 0.717) is 3.93 Å². The van der Waals surface area contributed by atoms with E-state index in [0.717, 1.165) is 25.0 Å². The summed E-state index contributed by atoms with van der Waals surface area (Å²) in [5, 5.41) is 0. The molecule has 1 unspecified atom stereocenters. The van der Waals surface area contributed by atoms with Gasteiger partial charge in [0.25, 0.3) is 0 Å². The van der Waals surface area contributed by atoms with Crippen LogP contribution in [0.25, 0.3) is 0 Å². The van der Waals surface area contributed by atoms with Crippen LogP contribution in [-0.4, -0.2) is 24.7 Å². The molecule has 0 saturated carbocycles. The van der Waals surface area contributed by atoms with Gasteiger partial charge in [0.15, 0.2) is 0 Å². The van der Waals surface area contributed by atoms with Crippen LogP contribution in [0.15, 0.2) is 12.2 Å². The molecule has 100 valence electrons. The molecule has 0 bridgehead atoms. The number of carbonyl (C=O) groups excluding carboxylic acids is 1. The van der Waals surface area contributed by atoms with Crippen molar-refractivity contribution in [2.75, 3.05) is 0 Å². The summed E-state index contributed by atoms with van der Waals surface area (Å²) in [7, 11) is 0. The molecule has 17 heavy (non-hydrogen) atoms. The third-order valence-corrected chi connectivity index (χ3v) is 12.2. The first kappa shape index (κ1) is 17.2. The maximum atomic E-state index is 10.7. The molecule has 0 fully saturated rings. The van der Waals surface area contributed by atoms with Gasteiger partial charge in [-0.3, -0.25) is 0 Å². The van der Waals surface area contributed by atoms with Crippen molar-refractivity contribution in [3.05, 3.63) is 12.2 Å². The summed E-state index contributed by atoms with van der Waals surface area (Å²) in [6, 6.07) is 0. The van der Waals surface area contributed by atoms with E-state index < -0.39 is 18.4 Å². The van der Waals surface area contributed by atoms with Gasteiger partial charge in [0.05, 0.1) is 0 Å². The molecule has 2 heteroatoms. The molecule has 0 aromatic carbocycles. The number of aldehydes is 1. The number of allylic oxidation sites excluding steroid dienone is 2. The Bertz CT molecular complexity index is 224. The summed E-state index contributed by atoms with van der Waals surface area (Å²) < 4.78 is 0.716. The molecule has 1 nitrogen and oxygen atoms in total. The van der Waals surface area contributed by atoms with Gasteiger partial charge in [-0.1, -0.05) is 0 Å². The topological polar surface area (TPSA) is 17.1 Å². The van der Waals surface area contributed by atoms with Crippen LogP contribution in [0.4, 0.5) is 0 Å². The molecule has 0 aliphatic heterocycles. The third kappa shape index (κ3) is 8.01. The molecule has 0 rings (SSSR count). The Kier molecular flexibility index (Phi) is 9.29. The Morgan fingerprint density at radius 3 is 2.12 bits per heavy atom. The van der Waals surface area contributed by atoms with Gasteiger partial charge >= 0.3 is 112 Å². The van der Waals surface area contributed by atoms with Crippen LogP contribution in [-0.2, 0) is 4.79 Å². The van der Waals surface area contributed by atoms with Crippen molar-refractivity contribution in [1.29, 1.82) is 0 Å². The van der Waals surface area contributed by atoms with Gasteiger partial charge in [0, 0.05) is 0 Å². The van der Waals surface area contributed by atoms with Gasteiger partial charge in [-0.15, -0.1) is 0 Å². The van der Waals surface area contributed by atoms with Gasteiger partial charge in [0.2, 0.25) is 0 Å². The van der Waals surface area contributed by atoms with Crippen LogP contribution in [0.5, 0.6) is 0 Å². The standard InChI is InChI=1S/C12H21O.3CH3.Sn/c1-3-12(4-2)10-8-6-5-7-9-11-13;;;;/h7-8,10-12H,3-6,9H2,1-2H3;3*1H3;/b10-8-;;;;. The minimum atomic E-state index is -1.89. The SMILES string of the molecule is CCC(/C=C\CC[CH](CC=O)[Sn]([CH3])([CH3])[CH3])CC. The van der Waals surface area contributed by atoms with Crippen molar-refractivity contribution >= 4 is 24.7 Å². The Hall–Kier alpha value is 0.209. The van der Waals surface area contributed by atoms with Crippen LogP contribution < -0.4 is 0 Å². The molecule has 0 spiro atoms. The fourth-order valence-corrected chi connectivity index (χ4v) is 7.41. The molecule has 0 aromatic heterocycles. The number of rotatable bonds is 9. The first-order valence-corrected chi connectivity index (χ1v) is 17.3. The van der Waals surface area contributed by atoms with E-state index in [-0.39, 0.29) is 0 Å². The summed E-state index contributed by atoms with van der Waals surface area (Å²) in [5.41, 5.74) is 0. The molecule has 0 amide bonds. The van der Waals surface area contributed by atoms with E-state index in [9.17, 15) is 4.79 Å². The monoisotopic (exact) mass is 346 g/mol. The zero-order valence-corrected chi connectivity index (χ0v) is 15.2. The summed E-state index contributed by atoms with van der Waals surface area (Å²) >= 11 is -1.89. The van der Waals surface area contributed by atoms with E-state index in [1.807, 2.05) is 0 Å². The summed E-state index contributed by atoms with van der Waals surface area (Å²) in [5.74, 6) is 0.748. The third-order valence-electron chi connectivity index (χ3n) is 3.74. The molecule has 0 heterocycles. The Balaban J connectivity index is 4.10. The maximum absolute atomic E-state index is 10.7. The zero-order chi connectivity index (χ0) is 13.3. The van der Waals surface area contributed by atoms with E-state index in [2.05, 4.69) is 40.8 Å². The van der Waals surface area contributed by atoms with E-state index >= 15 is 0 Å². The van der Waals surface area contributed by atoms with Crippen LogP contribution in [0.3, 0.4) is 0 Å². The quantitative estimate of drug-likeness (QED) is 0.324. The second-order valence-corrected chi connectivity index (χ2v) is 21.9. The van der Waals surface area contributed by atoms with Crippen LogP contribution in [0.2, 0.25) is 18.8 Å². The van der Waals surface area contributed by atoms with Crippen molar-refractivity contribution in [3.63, 3.8) is 0 Å². The predicted molar refractivity (Wildman–Crippen MR) is 80.2 cm³/mol. The molecule has 0 saturated heterocycles. The minimum absolute atomic E-state index is 0.716. The van der Waals surface area contributed by atoms with Crippen LogP contribution in [0, 0.1) is 5.92 Å². The first-order valence-electron chi connectivity index (χ1n) is 7.05. The number of hydrogen-bond acceptors (Lipinski definition) is 1. The number of hydrogen-bond donors (Lipinski definition) is 0. The van der Waals surface area contributed by atoms with Crippen molar-refractivity contribution in [1.82, 2.24) is 0 Å². The van der Waals surface area contributed by atoms with Crippen molar-refractivity contribution in [2.45, 2.75) is 64.7 Å². The predicted octanol–water partition coefficient (Wildman–Crippen LogP) is 5.06. The average Bonchev–Trinajstić information content (AvgIpc) is 2.26. The fraction of sp³-hybridized carbons (Fsp3) is 0.800. The zero-order valence-electron chi connectivity index (χ0n) is 12.3. The first-order chi connectivity index (χ1) is 7.95. The summed E-state index contributed by atoms with van der Waals surface area (Å²) in [6.45, 7) is 4.50. The summed E-state index contributed by atoms with van der Waals surface area (Å²) in [6.07, 6.45) is 11.5. The van der Waals surface area contributed by atoms with Gasteiger partial charge in [-0.2, -0.15) is 0 Å². The molecule has 0 aliphatic rings. The van der Waals surface area contributed by atoms with Crippen molar-refractivity contribution in [2.24, 2.45) is 5.92 Å². The van der Waals surface area contributed by atoms with Gasteiger partial charge in [-0.05, 0) is 0 Å². The Morgan fingerprint density at radius 2 is 1.71 bits per heavy atom. The molecule has 1 atom stereocenters. The van der Waals surface area contributed by atoms with Crippen LogP contribution in [0.1, 0.15) is 46.0 Å². The van der Waals surface area contributed by atoms with Gasteiger partial charge in [-0.25, -0.2) is 0 Å². The van der Waals surface area contributed by atoms with Gasteiger partial charge < -0.3 is 0 Å². The molecule has 0 radical (unpaired) electrons. The molecule has 0 N–H and O–H groups in total.